The molecule has 0 radical (unpaired) electrons. The Kier molecular flexibility index (Phi) is 7.34. The molecular weight excluding hydrogens is 360 g/mol. The lowest BCUT2D eigenvalue weighted by Crippen LogP contribution is -2.19. The Morgan fingerprint density at radius 2 is 1.88 bits per heavy atom. The maximum atomic E-state index is 12.3. The molecule has 1 heterocycles. The highest BCUT2D eigenvalue weighted by Gasteiger charge is 2.15. The van der Waals surface area contributed by atoms with Gasteiger partial charge in [0.25, 0.3) is 4.45 Å². The van der Waals surface area contributed by atoms with Crippen molar-refractivity contribution in [3.8, 4) is 0 Å². The molecule has 2 rings (SSSR count). The van der Waals surface area contributed by atoms with Crippen molar-refractivity contribution in [3.05, 3.63) is 34.3 Å². The molecular formula is C17H22N2O4S2. The summed E-state index contributed by atoms with van der Waals surface area (Å²) in [5.74, 6) is -0.533. The van der Waals surface area contributed by atoms with Crippen LogP contribution in [0.4, 0.5) is 4.79 Å². The van der Waals surface area contributed by atoms with Gasteiger partial charge in [-0.25, -0.2) is 9.10 Å². The van der Waals surface area contributed by atoms with Crippen molar-refractivity contribution in [1.29, 1.82) is 0 Å². The van der Waals surface area contributed by atoms with Gasteiger partial charge in [-0.05, 0) is 31.0 Å². The molecule has 8 heteroatoms. The average Bonchev–Trinajstić information content (AvgIpc) is 2.87. The average molecular weight is 383 g/mol. The van der Waals surface area contributed by atoms with Crippen LogP contribution in [-0.4, -0.2) is 37.9 Å². The van der Waals surface area contributed by atoms with Crippen LogP contribution in [0.5, 0.6) is 0 Å². The highest BCUT2D eigenvalue weighted by molar-refractivity contribution is 8.37. The number of rotatable bonds is 8. The van der Waals surface area contributed by atoms with Crippen LogP contribution in [0, 0.1) is 0 Å². The van der Waals surface area contributed by atoms with Crippen molar-refractivity contribution in [2.45, 2.75) is 26.7 Å². The monoisotopic (exact) mass is 382 g/mol. The molecule has 0 spiro atoms. The van der Waals surface area contributed by atoms with E-state index in [2.05, 4.69) is 13.8 Å². The lowest BCUT2D eigenvalue weighted by atomic mass is 10.1. The largest absolute Gasteiger partial charge is 0.419 e. The Labute approximate surface area is 155 Å². The smallest absolute Gasteiger partial charge is 0.408 e. The zero-order chi connectivity index (χ0) is 18.4. The highest BCUT2D eigenvalue weighted by Crippen LogP contribution is 2.23. The maximum absolute atomic E-state index is 12.3. The first-order valence-corrected chi connectivity index (χ1v) is 9.94. The van der Waals surface area contributed by atoms with Gasteiger partial charge in [0.2, 0.25) is 0 Å². The van der Waals surface area contributed by atoms with Gasteiger partial charge in [-0.2, -0.15) is 0 Å². The van der Waals surface area contributed by atoms with Crippen molar-refractivity contribution in [2.24, 2.45) is 7.05 Å². The van der Waals surface area contributed by atoms with Crippen LogP contribution in [0.15, 0.2) is 27.4 Å². The first-order valence-electron chi connectivity index (χ1n) is 8.18. The number of carbonyl (C=O) groups excluding carboxylic acids is 2. The van der Waals surface area contributed by atoms with E-state index in [4.69, 9.17) is 4.42 Å². The number of carbonyl (C=O) groups is 2. The summed E-state index contributed by atoms with van der Waals surface area (Å²) >= 11 is 2.20. The first kappa shape index (κ1) is 19.8. The molecule has 0 fully saturated rings. The predicted molar refractivity (Wildman–Crippen MR) is 103 cm³/mol. The summed E-state index contributed by atoms with van der Waals surface area (Å²) < 4.78 is 8.36. The number of aryl methyl sites for hydroxylation is 1. The lowest BCUT2D eigenvalue weighted by Gasteiger charge is -2.17. The Balaban J connectivity index is 1.96. The van der Waals surface area contributed by atoms with Gasteiger partial charge in [-0.3, -0.25) is 14.2 Å². The van der Waals surface area contributed by atoms with Crippen LogP contribution in [0.2, 0.25) is 0 Å². The number of fused-ring (bicyclic) bond motifs is 1. The molecule has 1 aromatic heterocycles. The van der Waals surface area contributed by atoms with E-state index in [1.165, 1.54) is 16.5 Å². The number of ketones is 1. The Hall–Kier alpha value is -1.51. The molecule has 0 aliphatic heterocycles. The number of benzene rings is 1. The molecule has 0 bridgehead atoms. The zero-order valence-electron chi connectivity index (χ0n) is 14.6. The summed E-state index contributed by atoms with van der Waals surface area (Å²) in [4.78, 5) is 35.9. The maximum Gasteiger partial charge on any atom is 0.419 e. The number of hydrogen-bond donors (Lipinski definition) is 0. The fraction of sp³-hybridized carbons (Fsp3) is 0.471. The first-order chi connectivity index (χ1) is 12.0. The van der Waals surface area contributed by atoms with E-state index in [1.807, 2.05) is 4.31 Å². The predicted octanol–water partition coefficient (Wildman–Crippen LogP) is 3.94. The Morgan fingerprint density at radius 3 is 2.52 bits per heavy atom. The van der Waals surface area contributed by atoms with Gasteiger partial charge in [-0.15, -0.1) is 0 Å². The minimum atomic E-state index is -0.465. The number of hydrogen-bond acceptors (Lipinski definition) is 7. The molecule has 2 aromatic rings. The van der Waals surface area contributed by atoms with Crippen LogP contribution >= 0.6 is 23.7 Å². The van der Waals surface area contributed by atoms with Gasteiger partial charge in [0, 0.05) is 37.6 Å². The highest BCUT2D eigenvalue weighted by atomic mass is 32.2. The third-order valence-corrected chi connectivity index (χ3v) is 5.58. The van der Waals surface area contributed by atoms with E-state index in [-0.39, 0.29) is 16.0 Å². The molecule has 0 atom stereocenters. The molecule has 136 valence electrons. The van der Waals surface area contributed by atoms with Gasteiger partial charge in [-0.1, -0.05) is 25.6 Å². The van der Waals surface area contributed by atoms with E-state index >= 15 is 0 Å². The number of nitrogens with zero attached hydrogens (tertiary/aromatic N) is 2. The molecule has 0 amide bonds. The van der Waals surface area contributed by atoms with Crippen LogP contribution in [0.25, 0.3) is 11.1 Å². The molecule has 0 unspecified atom stereocenters. The number of aromatic nitrogens is 1. The summed E-state index contributed by atoms with van der Waals surface area (Å²) in [6, 6.07) is 4.85. The fourth-order valence-electron chi connectivity index (χ4n) is 2.34. The molecule has 6 nitrogen and oxygen atoms in total. The van der Waals surface area contributed by atoms with Gasteiger partial charge >= 0.3 is 5.76 Å². The number of Topliss-reactive ketones (excluding diaryl/α,β-unsaturated/α-hetero) is 1. The minimum absolute atomic E-state index is 0.0768. The van der Waals surface area contributed by atoms with Crippen molar-refractivity contribution in [2.75, 3.05) is 18.8 Å². The minimum Gasteiger partial charge on any atom is -0.408 e. The Bertz CT molecular complexity index is 807. The van der Waals surface area contributed by atoms with E-state index in [0.717, 1.165) is 37.7 Å². The van der Waals surface area contributed by atoms with Crippen LogP contribution in [0.1, 0.15) is 37.0 Å². The van der Waals surface area contributed by atoms with E-state index in [9.17, 15) is 14.4 Å². The Morgan fingerprint density at radius 1 is 1.20 bits per heavy atom. The quantitative estimate of drug-likeness (QED) is 0.506. The van der Waals surface area contributed by atoms with Gasteiger partial charge in [0.05, 0.1) is 11.3 Å². The van der Waals surface area contributed by atoms with Crippen LogP contribution in [-0.2, 0) is 7.05 Å². The fourth-order valence-corrected chi connectivity index (χ4v) is 4.22. The van der Waals surface area contributed by atoms with Crippen molar-refractivity contribution in [1.82, 2.24) is 8.87 Å². The van der Waals surface area contributed by atoms with E-state index < -0.39 is 5.76 Å². The molecule has 0 saturated carbocycles. The second-order valence-corrected chi connectivity index (χ2v) is 7.87. The summed E-state index contributed by atoms with van der Waals surface area (Å²) in [6.45, 7) is 5.85. The van der Waals surface area contributed by atoms with Crippen LogP contribution < -0.4 is 5.76 Å². The SMILES string of the molecule is CCCN(CCC)SC(=O)SCC(=O)c1ccc2oc(=O)n(C)c2c1. The summed E-state index contributed by atoms with van der Waals surface area (Å²) in [5.41, 5.74) is 1.48. The second-order valence-electron chi connectivity index (χ2n) is 5.59. The zero-order valence-corrected chi connectivity index (χ0v) is 16.2. The van der Waals surface area contributed by atoms with E-state index in [1.54, 1.807) is 25.2 Å². The summed E-state index contributed by atoms with van der Waals surface area (Å²) in [6.07, 6.45) is 1.96. The van der Waals surface area contributed by atoms with Crippen molar-refractivity contribution < 1.29 is 14.0 Å². The van der Waals surface area contributed by atoms with Gasteiger partial charge in [0.1, 0.15) is 0 Å². The second kappa shape index (κ2) is 9.26. The van der Waals surface area contributed by atoms with Crippen molar-refractivity contribution >= 4 is 45.0 Å². The number of thioether (sulfide) groups is 1. The molecule has 1 aromatic carbocycles. The normalized spacial score (nSPS) is 11.4. The molecule has 0 N–H and O–H groups in total. The summed E-state index contributed by atoms with van der Waals surface area (Å²) in [5, 5.41) is 0. The number of oxazole rings is 1. The summed E-state index contributed by atoms with van der Waals surface area (Å²) in [7, 11) is 1.59. The molecule has 25 heavy (non-hydrogen) atoms. The van der Waals surface area contributed by atoms with E-state index in [0.29, 0.717) is 16.7 Å². The third kappa shape index (κ3) is 5.23. The topological polar surface area (TPSA) is 72.5 Å². The molecule has 0 aliphatic carbocycles. The van der Waals surface area contributed by atoms with Gasteiger partial charge in [0.15, 0.2) is 11.4 Å². The third-order valence-electron chi connectivity index (χ3n) is 3.58. The van der Waals surface area contributed by atoms with Crippen LogP contribution in [0.3, 0.4) is 0 Å². The molecule has 0 aliphatic rings. The lowest BCUT2D eigenvalue weighted by molar-refractivity contribution is 0.102. The van der Waals surface area contributed by atoms with Crippen molar-refractivity contribution in [3.63, 3.8) is 0 Å². The standard InChI is InChI=1S/C17H22N2O4S2/c1-4-8-19(9-5-2)25-17(22)24-11-14(20)12-6-7-15-13(10-12)18(3)16(21)23-15/h6-7,10H,4-5,8-9,11H2,1-3H3. The molecule has 0 saturated heterocycles. The van der Waals surface area contributed by atoms with Gasteiger partial charge < -0.3 is 4.42 Å².